The predicted octanol–water partition coefficient (Wildman–Crippen LogP) is 4.08. The van der Waals surface area contributed by atoms with Gasteiger partial charge in [0.25, 0.3) is 5.56 Å². The number of H-pyrrole nitrogens is 1. The fourth-order valence-corrected chi connectivity index (χ4v) is 4.37. The Morgan fingerprint density at radius 3 is 2.53 bits per heavy atom. The number of hydrogen-bond donors (Lipinski definition) is 3. The molecule has 0 amide bonds. The second-order valence-corrected chi connectivity index (χ2v) is 7.60. The lowest BCUT2D eigenvalue weighted by atomic mass is 9.80. The number of benzene rings is 3. The van der Waals surface area contributed by atoms with Gasteiger partial charge in [0.1, 0.15) is 5.82 Å². The van der Waals surface area contributed by atoms with Crippen molar-refractivity contribution in [1.29, 1.82) is 0 Å². The highest BCUT2D eigenvalue weighted by Gasteiger charge is 2.35. The van der Waals surface area contributed by atoms with E-state index in [4.69, 9.17) is 0 Å². The first kappa shape index (κ1) is 18.5. The maximum absolute atomic E-state index is 14.3. The molecular formula is C24H21FN4O. The molecule has 1 aromatic heterocycles. The fourth-order valence-electron chi connectivity index (χ4n) is 4.37. The predicted molar refractivity (Wildman–Crippen MR) is 116 cm³/mol. The van der Waals surface area contributed by atoms with Crippen LogP contribution in [0.2, 0.25) is 0 Å². The average Bonchev–Trinajstić information content (AvgIpc) is 2.77. The third-order valence-corrected chi connectivity index (χ3v) is 5.70. The van der Waals surface area contributed by atoms with Crippen molar-refractivity contribution in [3.8, 4) is 0 Å². The van der Waals surface area contributed by atoms with E-state index in [2.05, 4.69) is 45.1 Å². The Morgan fingerprint density at radius 2 is 1.80 bits per heavy atom. The van der Waals surface area contributed by atoms with Crippen LogP contribution in [0.5, 0.6) is 0 Å². The summed E-state index contributed by atoms with van der Waals surface area (Å²) in [6.07, 6.45) is 0. The third kappa shape index (κ3) is 3.06. The van der Waals surface area contributed by atoms with E-state index in [1.807, 2.05) is 37.4 Å². The van der Waals surface area contributed by atoms with Crippen LogP contribution in [0.4, 0.5) is 10.1 Å². The van der Waals surface area contributed by atoms with Gasteiger partial charge in [-0.3, -0.25) is 4.79 Å². The molecule has 150 valence electrons. The van der Waals surface area contributed by atoms with Crippen LogP contribution in [0.25, 0.3) is 10.8 Å². The van der Waals surface area contributed by atoms with Crippen molar-refractivity contribution in [2.45, 2.75) is 18.5 Å². The fraction of sp³-hybridized carbons (Fsp3) is 0.167. The van der Waals surface area contributed by atoms with Gasteiger partial charge in [-0.25, -0.2) is 9.49 Å². The number of nitrogens with one attached hydrogen (secondary N) is 3. The molecule has 0 fully saturated rings. The summed E-state index contributed by atoms with van der Waals surface area (Å²) < 4.78 is 14.3. The minimum absolute atomic E-state index is 0.145. The van der Waals surface area contributed by atoms with Crippen LogP contribution >= 0.6 is 0 Å². The Hall–Kier alpha value is -3.51. The maximum Gasteiger partial charge on any atom is 0.272 e. The highest BCUT2D eigenvalue weighted by molar-refractivity contribution is 5.97. The molecule has 3 aromatic carbocycles. The zero-order valence-corrected chi connectivity index (χ0v) is 16.4. The molecule has 0 radical (unpaired) electrons. The number of aromatic amines is 1. The molecule has 0 saturated heterocycles. The molecule has 3 N–H and O–H groups in total. The van der Waals surface area contributed by atoms with Gasteiger partial charge in [-0.05, 0) is 35.9 Å². The van der Waals surface area contributed by atoms with E-state index in [9.17, 15) is 9.18 Å². The van der Waals surface area contributed by atoms with E-state index in [0.29, 0.717) is 16.5 Å². The molecule has 2 unspecified atom stereocenters. The molecule has 0 spiro atoms. The number of hydrogen-bond acceptors (Lipinski definition) is 4. The van der Waals surface area contributed by atoms with E-state index in [0.717, 1.165) is 23.4 Å². The smallest absolute Gasteiger partial charge is 0.272 e. The van der Waals surface area contributed by atoms with Crippen LogP contribution < -0.4 is 16.2 Å². The standard InChI is InChI=1S/C24H21FN4O/c1-26-13-14-7-9-15(10-8-14)20-22(16-5-3-2-4-6-16)27-19-12-17(25)11-18-21(19)23(20)28-29-24(18)30/h2-12,20,22,26-27H,13H2,1H3,(H,29,30). The molecule has 0 saturated carbocycles. The van der Waals surface area contributed by atoms with Crippen LogP contribution in [0.1, 0.15) is 34.3 Å². The highest BCUT2D eigenvalue weighted by Crippen LogP contribution is 2.46. The van der Waals surface area contributed by atoms with Crippen LogP contribution in [-0.4, -0.2) is 17.2 Å². The molecule has 0 aliphatic carbocycles. The third-order valence-electron chi connectivity index (χ3n) is 5.70. The lowest BCUT2D eigenvalue weighted by molar-refractivity contribution is 0.618. The van der Waals surface area contributed by atoms with Gasteiger partial charge in [-0.1, -0.05) is 54.6 Å². The molecule has 1 aliphatic rings. The Bertz CT molecular complexity index is 1270. The normalized spacial score (nSPS) is 17.7. The van der Waals surface area contributed by atoms with Crippen molar-refractivity contribution in [1.82, 2.24) is 15.5 Å². The number of nitrogens with zero attached hydrogens (tertiary/aromatic N) is 1. The Morgan fingerprint density at radius 1 is 1.03 bits per heavy atom. The van der Waals surface area contributed by atoms with E-state index in [-0.39, 0.29) is 12.0 Å². The van der Waals surface area contributed by atoms with Crippen molar-refractivity contribution >= 4 is 16.5 Å². The van der Waals surface area contributed by atoms with Gasteiger partial charge in [0, 0.05) is 17.6 Å². The summed E-state index contributed by atoms with van der Waals surface area (Å²) in [4.78, 5) is 12.4. The zero-order valence-electron chi connectivity index (χ0n) is 16.4. The van der Waals surface area contributed by atoms with E-state index in [1.54, 1.807) is 0 Å². The molecule has 2 atom stereocenters. The maximum atomic E-state index is 14.3. The van der Waals surface area contributed by atoms with Gasteiger partial charge in [-0.2, -0.15) is 5.10 Å². The van der Waals surface area contributed by atoms with Crippen LogP contribution in [-0.2, 0) is 6.54 Å². The summed E-state index contributed by atoms with van der Waals surface area (Å²) in [5.41, 5.74) is 4.27. The zero-order chi connectivity index (χ0) is 20.7. The molecule has 5 nitrogen and oxygen atoms in total. The van der Waals surface area contributed by atoms with E-state index < -0.39 is 11.4 Å². The van der Waals surface area contributed by atoms with Gasteiger partial charge in [0.2, 0.25) is 0 Å². The molecule has 1 aliphatic heterocycles. The number of halogens is 1. The van der Waals surface area contributed by atoms with Gasteiger partial charge in [0.15, 0.2) is 0 Å². The van der Waals surface area contributed by atoms with Crippen molar-refractivity contribution < 1.29 is 4.39 Å². The summed E-state index contributed by atoms with van der Waals surface area (Å²) in [6, 6.07) is 21.0. The van der Waals surface area contributed by atoms with Crippen molar-refractivity contribution in [3.05, 3.63) is 105 Å². The quantitative estimate of drug-likeness (QED) is 0.483. The van der Waals surface area contributed by atoms with Crippen molar-refractivity contribution in [2.24, 2.45) is 0 Å². The van der Waals surface area contributed by atoms with Gasteiger partial charge in [0.05, 0.1) is 23.0 Å². The first-order chi connectivity index (χ1) is 14.7. The minimum Gasteiger partial charge on any atom is -0.377 e. The average molecular weight is 400 g/mol. The number of aromatic nitrogens is 2. The summed E-state index contributed by atoms with van der Waals surface area (Å²) in [7, 11) is 1.92. The minimum atomic E-state index is -0.450. The van der Waals surface area contributed by atoms with Crippen molar-refractivity contribution in [2.75, 3.05) is 12.4 Å². The largest absolute Gasteiger partial charge is 0.377 e. The van der Waals surface area contributed by atoms with Gasteiger partial charge >= 0.3 is 0 Å². The molecular weight excluding hydrogens is 379 g/mol. The lowest BCUT2D eigenvalue weighted by Crippen LogP contribution is -2.28. The summed E-state index contributed by atoms with van der Waals surface area (Å²) in [5, 5.41) is 14.7. The summed E-state index contributed by atoms with van der Waals surface area (Å²) in [6.45, 7) is 0.786. The Balaban J connectivity index is 1.75. The molecule has 6 heteroatoms. The SMILES string of the molecule is CNCc1ccc(C2c3n[nH]c(=O)c4cc(F)cc(c34)NC2c2ccccc2)cc1. The Kier molecular flexibility index (Phi) is 4.56. The first-order valence-corrected chi connectivity index (χ1v) is 9.92. The second-order valence-electron chi connectivity index (χ2n) is 7.60. The number of rotatable bonds is 4. The number of anilines is 1. The highest BCUT2D eigenvalue weighted by atomic mass is 19.1. The Labute approximate surface area is 173 Å². The first-order valence-electron chi connectivity index (χ1n) is 9.92. The van der Waals surface area contributed by atoms with Crippen LogP contribution in [0, 0.1) is 5.82 Å². The summed E-state index contributed by atoms with van der Waals surface area (Å²) >= 11 is 0. The monoisotopic (exact) mass is 400 g/mol. The molecule has 0 bridgehead atoms. The lowest BCUT2D eigenvalue weighted by Gasteiger charge is -2.34. The van der Waals surface area contributed by atoms with E-state index >= 15 is 0 Å². The molecule has 4 aromatic rings. The topological polar surface area (TPSA) is 69.8 Å². The summed E-state index contributed by atoms with van der Waals surface area (Å²) in [5.74, 6) is -0.595. The van der Waals surface area contributed by atoms with Crippen LogP contribution in [0.15, 0.2) is 71.5 Å². The molecule has 2 heterocycles. The van der Waals surface area contributed by atoms with Gasteiger partial charge < -0.3 is 10.6 Å². The van der Waals surface area contributed by atoms with Gasteiger partial charge in [-0.15, -0.1) is 0 Å². The molecule has 30 heavy (non-hydrogen) atoms. The van der Waals surface area contributed by atoms with Crippen molar-refractivity contribution in [3.63, 3.8) is 0 Å². The van der Waals surface area contributed by atoms with E-state index in [1.165, 1.54) is 17.7 Å². The molecule has 5 rings (SSSR count). The van der Waals surface area contributed by atoms with Crippen LogP contribution in [0.3, 0.4) is 0 Å². The second kappa shape index (κ2) is 7.39.